The first-order valence-electron chi connectivity index (χ1n) is 9.41. The Morgan fingerprint density at radius 2 is 1.93 bits per heavy atom. The molecule has 0 spiro atoms. The molecule has 5 nitrogen and oxygen atoms in total. The Kier molecular flexibility index (Phi) is 6.68. The van der Waals surface area contributed by atoms with Gasteiger partial charge in [0.25, 0.3) is 5.91 Å². The van der Waals surface area contributed by atoms with E-state index in [1.807, 2.05) is 17.5 Å². The molecule has 0 unspecified atom stereocenters. The van der Waals surface area contributed by atoms with Gasteiger partial charge in [0.15, 0.2) is 0 Å². The first-order chi connectivity index (χ1) is 13.0. The Morgan fingerprint density at radius 1 is 1.15 bits per heavy atom. The van der Waals surface area contributed by atoms with Crippen molar-refractivity contribution in [3.8, 4) is 0 Å². The molecule has 146 valence electrons. The van der Waals surface area contributed by atoms with Gasteiger partial charge in [-0.25, -0.2) is 13.1 Å². The van der Waals surface area contributed by atoms with Crippen LogP contribution in [0.25, 0.3) is 0 Å². The molecule has 1 aliphatic carbocycles. The van der Waals surface area contributed by atoms with Crippen LogP contribution in [0.15, 0.2) is 46.7 Å². The third-order valence-corrected chi connectivity index (χ3v) is 7.46. The monoisotopic (exact) mass is 406 g/mol. The molecule has 1 heterocycles. The Labute approximate surface area is 165 Å². The van der Waals surface area contributed by atoms with Gasteiger partial charge in [0.05, 0.1) is 4.90 Å². The molecule has 1 aliphatic rings. The summed E-state index contributed by atoms with van der Waals surface area (Å²) in [6.45, 7) is 2.46. The van der Waals surface area contributed by atoms with Crippen molar-refractivity contribution in [3.05, 3.63) is 52.2 Å². The van der Waals surface area contributed by atoms with E-state index in [2.05, 4.69) is 17.0 Å². The van der Waals surface area contributed by atoms with Gasteiger partial charge in [0.1, 0.15) is 0 Å². The van der Waals surface area contributed by atoms with E-state index in [9.17, 15) is 13.2 Å². The van der Waals surface area contributed by atoms with E-state index < -0.39 is 10.0 Å². The lowest BCUT2D eigenvalue weighted by atomic mass is 9.84. The molecule has 27 heavy (non-hydrogen) atoms. The van der Waals surface area contributed by atoms with Gasteiger partial charge in [-0.3, -0.25) is 4.79 Å². The molecule has 0 bridgehead atoms. The molecular formula is C20H26N2O3S2. The molecule has 1 fully saturated rings. The van der Waals surface area contributed by atoms with Crippen LogP contribution in [0.3, 0.4) is 0 Å². The van der Waals surface area contributed by atoms with Gasteiger partial charge in [-0.05, 0) is 61.2 Å². The molecule has 2 N–H and O–H groups in total. The van der Waals surface area contributed by atoms with Crippen molar-refractivity contribution in [2.75, 3.05) is 0 Å². The predicted molar refractivity (Wildman–Crippen MR) is 108 cm³/mol. The van der Waals surface area contributed by atoms with Crippen molar-refractivity contribution >= 4 is 27.3 Å². The van der Waals surface area contributed by atoms with Crippen LogP contribution in [-0.4, -0.2) is 20.4 Å². The normalized spacial score (nSPS) is 20.3. The van der Waals surface area contributed by atoms with E-state index in [1.54, 1.807) is 12.1 Å². The van der Waals surface area contributed by atoms with E-state index in [0.29, 0.717) is 5.56 Å². The van der Waals surface area contributed by atoms with Crippen LogP contribution < -0.4 is 10.0 Å². The van der Waals surface area contributed by atoms with Crippen molar-refractivity contribution in [2.45, 2.75) is 56.5 Å². The summed E-state index contributed by atoms with van der Waals surface area (Å²) in [4.78, 5) is 13.6. The molecule has 1 saturated carbocycles. The summed E-state index contributed by atoms with van der Waals surface area (Å²) in [6, 6.07) is 10.2. The average Bonchev–Trinajstić information content (AvgIpc) is 3.21. The highest BCUT2D eigenvalue weighted by Crippen LogP contribution is 2.26. The highest BCUT2D eigenvalue weighted by molar-refractivity contribution is 7.89. The second-order valence-electron chi connectivity index (χ2n) is 7.03. The van der Waals surface area contributed by atoms with Crippen LogP contribution in [0.1, 0.15) is 54.3 Å². The number of amides is 1. The molecule has 0 saturated heterocycles. The van der Waals surface area contributed by atoms with Crippen LogP contribution in [0.5, 0.6) is 0 Å². The minimum absolute atomic E-state index is 0.112. The van der Waals surface area contributed by atoms with Gasteiger partial charge in [0, 0.05) is 23.0 Å². The third kappa shape index (κ3) is 5.40. The van der Waals surface area contributed by atoms with Gasteiger partial charge >= 0.3 is 0 Å². The molecule has 7 heteroatoms. The number of hydrogen-bond donors (Lipinski definition) is 2. The van der Waals surface area contributed by atoms with Gasteiger partial charge in [0.2, 0.25) is 10.0 Å². The van der Waals surface area contributed by atoms with Gasteiger partial charge < -0.3 is 5.32 Å². The fraction of sp³-hybridized carbons (Fsp3) is 0.450. The number of benzene rings is 1. The predicted octanol–water partition coefficient (Wildman–Crippen LogP) is 3.93. The molecule has 1 aromatic heterocycles. The van der Waals surface area contributed by atoms with Crippen molar-refractivity contribution < 1.29 is 13.2 Å². The zero-order valence-electron chi connectivity index (χ0n) is 15.5. The van der Waals surface area contributed by atoms with Crippen LogP contribution in [0.4, 0.5) is 0 Å². The number of thiophene rings is 1. The van der Waals surface area contributed by atoms with Gasteiger partial charge in [-0.1, -0.05) is 25.5 Å². The highest BCUT2D eigenvalue weighted by Gasteiger charge is 2.22. The maximum Gasteiger partial charge on any atom is 0.251 e. The minimum Gasteiger partial charge on any atom is -0.349 e. The maximum atomic E-state index is 12.6. The topological polar surface area (TPSA) is 75.3 Å². The number of sulfonamides is 1. The first kappa shape index (κ1) is 20.0. The SMILES string of the molecule is CCC1CCC(NC(=O)c2cccc(S(=O)(=O)NCc3cccs3)c2)CC1. The quantitative estimate of drug-likeness (QED) is 0.732. The van der Waals surface area contributed by atoms with Crippen LogP contribution in [-0.2, 0) is 16.6 Å². The lowest BCUT2D eigenvalue weighted by molar-refractivity contribution is 0.0921. The van der Waals surface area contributed by atoms with E-state index in [0.717, 1.165) is 36.5 Å². The van der Waals surface area contributed by atoms with E-state index >= 15 is 0 Å². The number of carbonyl (C=O) groups is 1. The summed E-state index contributed by atoms with van der Waals surface area (Å²) in [5.74, 6) is 0.561. The Hall–Kier alpha value is -1.70. The van der Waals surface area contributed by atoms with Crippen molar-refractivity contribution in [1.29, 1.82) is 0 Å². The molecule has 0 atom stereocenters. The smallest absolute Gasteiger partial charge is 0.251 e. The van der Waals surface area contributed by atoms with E-state index in [1.165, 1.54) is 29.9 Å². The summed E-state index contributed by atoms with van der Waals surface area (Å²) in [5, 5.41) is 4.97. The summed E-state index contributed by atoms with van der Waals surface area (Å²) in [7, 11) is -3.66. The summed E-state index contributed by atoms with van der Waals surface area (Å²) < 4.78 is 27.6. The number of rotatable bonds is 7. The van der Waals surface area contributed by atoms with Crippen LogP contribution in [0.2, 0.25) is 0 Å². The number of carbonyl (C=O) groups excluding carboxylic acids is 1. The van der Waals surface area contributed by atoms with Crippen molar-refractivity contribution in [1.82, 2.24) is 10.0 Å². The fourth-order valence-electron chi connectivity index (χ4n) is 3.45. The number of hydrogen-bond acceptors (Lipinski definition) is 4. The lowest BCUT2D eigenvalue weighted by Crippen LogP contribution is -2.37. The minimum atomic E-state index is -3.66. The van der Waals surface area contributed by atoms with Gasteiger partial charge in [-0.2, -0.15) is 0 Å². The van der Waals surface area contributed by atoms with E-state index in [4.69, 9.17) is 0 Å². The molecular weight excluding hydrogens is 380 g/mol. The lowest BCUT2D eigenvalue weighted by Gasteiger charge is -2.28. The Morgan fingerprint density at radius 3 is 2.59 bits per heavy atom. The first-order valence-corrected chi connectivity index (χ1v) is 11.8. The van der Waals surface area contributed by atoms with Crippen molar-refractivity contribution in [2.24, 2.45) is 5.92 Å². The molecule has 0 aliphatic heterocycles. The summed E-state index contributed by atoms with van der Waals surface area (Å²) in [5.41, 5.74) is 0.381. The van der Waals surface area contributed by atoms with Gasteiger partial charge in [-0.15, -0.1) is 11.3 Å². The fourth-order valence-corrected chi connectivity index (χ4v) is 5.24. The Bertz CT molecular complexity index is 855. The zero-order valence-corrected chi connectivity index (χ0v) is 17.1. The molecule has 1 aromatic carbocycles. The molecule has 2 aromatic rings. The number of nitrogens with one attached hydrogen (secondary N) is 2. The maximum absolute atomic E-state index is 12.6. The summed E-state index contributed by atoms with van der Waals surface area (Å²) in [6.07, 6.45) is 5.46. The second kappa shape index (κ2) is 8.99. The standard InChI is InChI=1S/C20H26N2O3S2/c1-2-15-8-10-17(11-9-15)22-20(23)16-5-3-7-19(13-16)27(24,25)21-14-18-6-4-12-26-18/h3-7,12-13,15,17,21H,2,8-11,14H2,1H3,(H,22,23). The average molecular weight is 407 g/mol. The third-order valence-electron chi connectivity index (χ3n) is 5.18. The zero-order chi connectivity index (χ0) is 19.3. The van der Waals surface area contributed by atoms with Crippen LogP contribution in [0, 0.1) is 5.92 Å². The van der Waals surface area contributed by atoms with E-state index in [-0.39, 0.29) is 23.4 Å². The summed E-state index contributed by atoms with van der Waals surface area (Å²) >= 11 is 1.50. The van der Waals surface area contributed by atoms with Crippen molar-refractivity contribution in [3.63, 3.8) is 0 Å². The molecule has 3 rings (SSSR count). The Balaban J connectivity index is 1.63. The second-order valence-corrected chi connectivity index (χ2v) is 9.83. The molecule has 1 amide bonds. The largest absolute Gasteiger partial charge is 0.349 e. The highest BCUT2D eigenvalue weighted by atomic mass is 32.2. The molecule has 0 radical (unpaired) electrons. The van der Waals surface area contributed by atoms with Crippen LogP contribution >= 0.6 is 11.3 Å².